The largest absolute Gasteiger partial charge is 0.495 e. The van der Waals surface area contributed by atoms with Gasteiger partial charge in [0.25, 0.3) is 0 Å². The van der Waals surface area contributed by atoms with E-state index in [9.17, 15) is 15.5 Å². The van der Waals surface area contributed by atoms with E-state index >= 15 is 0 Å². The third-order valence-corrected chi connectivity index (χ3v) is 8.05. The van der Waals surface area contributed by atoms with Gasteiger partial charge in [0.15, 0.2) is 11.2 Å². The Morgan fingerprint density at radius 3 is 2.51 bits per heavy atom. The van der Waals surface area contributed by atoms with Crippen LogP contribution in [0.15, 0.2) is 91.5 Å². The number of benzene rings is 2. The highest BCUT2D eigenvalue weighted by Crippen LogP contribution is 2.69. The number of aliphatic hydroxyl groups excluding tert-OH is 1. The van der Waals surface area contributed by atoms with Crippen molar-refractivity contribution in [2.75, 3.05) is 13.7 Å². The summed E-state index contributed by atoms with van der Waals surface area (Å²) in [6.07, 6.45) is 5.35. The number of nitriles is 1. The zero-order valence-corrected chi connectivity index (χ0v) is 21.4. The molecule has 2 aliphatic rings. The van der Waals surface area contributed by atoms with Crippen LogP contribution in [0, 0.1) is 17.2 Å². The Morgan fingerprint density at radius 2 is 1.82 bits per heavy atom. The molecule has 196 valence electrons. The van der Waals surface area contributed by atoms with Gasteiger partial charge in [0, 0.05) is 37.3 Å². The molecule has 1 fully saturated rings. The quantitative estimate of drug-likeness (QED) is 0.339. The first-order valence-corrected chi connectivity index (χ1v) is 12.8. The highest BCUT2D eigenvalue weighted by molar-refractivity contribution is 5.59. The highest BCUT2D eigenvalue weighted by atomic mass is 16.5. The van der Waals surface area contributed by atoms with Gasteiger partial charge >= 0.3 is 0 Å². The first-order chi connectivity index (χ1) is 19.0. The molecule has 4 aromatic rings. The van der Waals surface area contributed by atoms with Gasteiger partial charge in [0.2, 0.25) is 0 Å². The molecule has 8 heteroatoms. The molecule has 0 saturated heterocycles. The third-order valence-electron chi connectivity index (χ3n) is 8.05. The summed E-state index contributed by atoms with van der Waals surface area (Å²) in [5.74, 6) is -0.260. The van der Waals surface area contributed by atoms with Gasteiger partial charge in [-0.15, -0.1) is 0 Å². The molecule has 6 rings (SSSR count). The maximum Gasteiger partial charge on any atom is 0.177 e. The zero-order valence-electron chi connectivity index (χ0n) is 21.4. The van der Waals surface area contributed by atoms with Gasteiger partial charge in [0.1, 0.15) is 11.5 Å². The summed E-state index contributed by atoms with van der Waals surface area (Å²) in [6, 6.07) is 22.8. The number of methoxy groups -OCH3 is 1. The fourth-order valence-corrected chi connectivity index (χ4v) is 6.44. The average Bonchev–Trinajstić information content (AvgIpc) is 3.36. The maximum absolute atomic E-state index is 12.8. The van der Waals surface area contributed by atoms with Crippen LogP contribution in [0.25, 0.3) is 0 Å². The fraction of sp³-hybridized carbons (Fsp3) is 0.258. The lowest BCUT2D eigenvalue weighted by Gasteiger charge is -2.41. The number of nitrogens with one attached hydrogen (secondary N) is 1. The van der Waals surface area contributed by atoms with E-state index in [1.807, 2.05) is 42.5 Å². The van der Waals surface area contributed by atoms with Crippen molar-refractivity contribution in [1.82, 2.24) is 15.3 Å². The Hall–Kier alpha value is -4.29. The minimum Gasteiger partial charge on any atom is -0.495 e. The Bertz CT molecular complexity index is 1510. The molecule has 0 bridgehead atoms. The van der Waals surface area contributed by atoms with Crippen molar-refractivity contribution >= 4 is 0 Å². The van der Waals surface area contributed by atoms with Crippen molar-refractivity contribution in [2.45, 2.75) is 29.8 Å². The summed E-state index contributed by atoms with van der Waals surface area (Å²) in [5, 5.41) is 37.9. The van der Waals surface area contributed by atoms with Crippen molar-refractivity contribution < 1.29 is 19.7 Å². The van der Waals surface area contributed by atoms with Gasteiger partial charge in [-0.2, -0.15) is 5.26 Å². The molecule has 1 unspecified atom stereocenters. The summed E-state index contributed by atoms with van der Waals surface area (Å²) in [5.41, 5.74) is 0.101. The number of aliphatic hydroxyl groups is 2. The molecule has 39 heavy (non-hydrogen) atoms. The first-order valence-electron chi connectivity index (χ1n) is 12.8. The molecule has 8 nitrogen and oxygen atoms in total. The number of fused-ring (bicyclic) bond motifs is 3. The maximum atomic E-state index is 12.8. The molecule has 1 saturated carbocycles. The second-order valence-corrected chi connectivity index (χ2v) is 10.00. The van der Waals surface area contributed by atoms with Gasteiger partial charge in [-0.3, -0.25) is 9.97 Å². The lowest BCUT2D eigenvalue weighted by molar-refractivity contribution is -0.152. The molecule has 3 heterocycles. The number of rotatable bonds is 7. The highest BCUT2D eigenvalue weighted by Gasteiger charge is 2.76. The second-order valence-electron chi connectivity index (χ2n) is 10.00. The van der Waals surface area contributed by atoms with Gasteiger partial charge in [-0.05, 0) is 34.9 Å². The molecule has 3 N–H and O–H groups in total. The van der Waals surface area contributed by atoms with Crippen LogP contribution in [0.5, 0.6) is 11.5 Å². The minimum absolute atomic E-state index is 0.334. The van der Waals surface area contributed by atoms with Crippen LogP contribution >= 0.6 is 0 Å². The number of hydrogen-bond acceptors (Lipinski definition) is 8. The standard InChI is InChI=1S/C31H28N4O4/c1-38-25-18-35-19-26-28(25)30(37)29(36)24(17-34-16-21-6-5-13-33-15-21)27(22-7-3-2-4-8-22)31(30,39-26)23-11-9-20(14-32)10-12-23/h2-13,15,18-19,24,27,29,34,36-37H,16-17H2,1H3/t24-,27-,29-,30?,31+/m1/s1. The number of nitrogens with zero attached hydrogens (tertiary/aromatic N) is 3. The van der Waals surface area contributed by atoms with Crippen molar-refractivity contribution in [3.8, 4) is 17.6 Å². The second kappa shape index (κ2) is 9.79. The van der Waals surface area contributed by atoms with Gasteiger partial charge in [-0.25, -0.2) is 0 Å². The predicted octanol–water partition coefficient (Wildman–Crippen LogP) is 3.40. The van der Waals surface area contributed by atoms with Gasteiger partial charge in [-0.1, -0.05) is 48.5 Å². The number of ether oxygens (including phenoxy) is 2. The normalized spacial score (nSPS) is 26.8. The Morgan fingerprint density at radius 1 is 1.03 bits per heavy atom. The van der Waals surface area contributed by atoms with E-state index in [2.05, 4.69) is 21.4 Å². The molecule has 0 amide bonds. The minimum atomic E-state index is -1.88. The summed E-state index contributed by atoms with van der Waals surface area (Å²) < 4.78 is 12.4. The summed E-state index contributed by atoms with van der Waals surface area (Å²) >= 11 is 0. The molecule has 0 radical (unpaired) electrons. The van der Waals surface area contributed by atoms with Crippen LogP contribution in [0.2, 0.25) is 0 Å². The van der Waals surface area contributed by atoms with Crippen LogP contribution in [-0.2, 0) is 17.7 Å². The Balaban J connectivity index is 1.54. The van der Waals surface area contributed by atoms with E-state index in [1.54, 1.807) is 42.9 Å². The average molecular weight is 521 g/mol. The Kier molecular flexibility index (Phi) is 6.28. The van der Waals surface area contributed by atoms with Crippen LogP contribution in [0.4, 0.5) is 0 Å². The molecule has 2 aromatic carbocycles. The van der Waals surface area contributed by atoms with Crippen LogP contribution in [-0.4, -0.2) is 39.9 Å². The molecular formula is C31H28N4O4. The SMILES string of the molecule is COc1cncc2c1C1(O)[C@H](O)[C@H](CNCc3cccnc3)[C@@H](c3ccccc3)[C@]1(c1ccc(C#N)cc1)O2. The van der Waals surface area contributed by atoms with E-state index in [0.29, 0.717) is 41.3 Å². The lowest BCUT2D eigenvalue weighted by atomic mass is 9.70. The van der Waals surface area contributed by atoms with E-state index in [0.717, 1.165) is 11.1 Å². The first kappa shape index (κ1) is 25.0. The Labute approximate surface area is 226 Å². The van der Waals surface area contributed by atoms with Crippen molar-refractivity contribution in [3.63, 3.8) is 0 Å². The van der Waals surface area contributed by atoms with E-state index in [-0.39, 0.29) is 0 Å². The fourth-order valence-electron chi connectivity index (χ4n) is 6.44. The number of hydrogen-bond donors (Lipinski definition) is 3. The monoisotopic (exact) mass is 520 g/mol. The zero-order chi connectivity index (χ0) is 27.0. The van der Waals surface area contributed by atoms with Crippen molar-refractivity contribution in [2.24, 2.45) is 5.92 Å². The number of aromatic nitrogens is 2. The molecule has 5 atom stereocenters. The predicted molar refractivity (Wildman–Crippen MR) is 143 cm³/mol. The molecule has 0 spiro atoms. The van der Waals surface area contributed by atoms with E-state index < -0.39 is 29.1 Å². The van der Waals surface area contributed by atoms with Crippen LogP contribution in [0.3, 0.4) is 0 Å². The van der Waals surface area contributed by atoms with Crippen LogP contribution in [0.1, 0.15) is 33.7 Å². The molecule has 1 aliphatic carbocycles. The lowest BCUT2D eigenvalue weighted by Crippen LogP contribution is -2.52. The van der Waals surface area contributed by atoms with Gasteiger partial charge in [0.05, 0.1) is 42.8 Å². The smallest absolute Gasteiger partial charge is 0.177 e. The molecule has 2 aromatic heterocycles. The summed E-state index contributed by atoms with van der Waals surface area (Å²) in [7, 11) is 1.51. The van der Waals surface area contributed by atoms with E-state index in [1.165, 1.54) is 13.3 Å². The topological polar surface area (TPSA) is 121 Å². The van der Waals surface area contributed by atoms with Gasteiger partial charge < -0.3 is 25.0 Å². The van der Waals surface area contributed by atoms with Crippen molar-refractivity contribution in [1.29, 1.82) is 5.26 Å². The van der Waals surface area contributed by atoms with Crippen LogP contribution < -0.4 is 14.8 Å². The molecule has 1 aliphatic heterocycles. The number of pyridine rings is 2. The third kappa shape index (κ3) is 3.70. The summed E-state index contributed by atoms with van der Waals surface area (Å²) in [6.45, 7) is 0.938. The molecular weight excluding hydrogens is 492 g/mol. The van der Waals surface area contributed by atoms with E-state index in [4.69, 9.17) is 9.47 Å². The van der Waals surface area contributed by atoms with Crippen molar-refractivity contribution in [3.05, 3.63) is 119 Å². The summed E-state index contributed by atoms with van der Waals surface area (Å²) in [4.78, 5) is 8.45.